The summed E-state index contributed by atoms with van der Waals surface area (Å²) in [6.07, 6.45) is 0.793. The molecule has 0 amide bonds. The molecule has 19 heavy (non-hydrogen) atoms. The van der Waals surface area contributed by atoms with Crippen LogP contribution < -0.4 is 5.73 Å². The quantitative estimate of drug-likeness (QED) is 0.892. The largest absolute Gasteiger partial charge is 0.330 e. The number of nitrogens with two attached hydrogens (primary N) is 1. The molecule has 106 valence electrons. The van der Waals surface area contributed by atoms with E-state index in [1.165, 1.54) is 10.4 Å². The van der Waals surface area contributed by atoms with E-state index in [4.69, 9.17) is 17.3 Å². The van der Waals surface area contributed by atoms with Gasteiger partial charge in [-0.25, -0.2) is 8.42 Å². The third kappa shape index (κ3) is 2.83. The van der Waals surface area contributed by atoms with Crippen LogP contribution in [0, 0.1) is 5.92 Å². The Kier molecular flexibility index (Phi) is 4.57. The second-order valence-corrected chi connectivity index (χ2v) is 7.90. The van der Waals surface area contributed by atoms with Crippen molar-refractivity contribution < 1.29 is 8.42 Å². The van der Waals surface area contributed by atoms with Crippen molar-refractivity contribution in [3.63, 3.8) is 0 Å². The van der Waals surface area contributed by atoms with E-state index in [0.29, 0.717) is 17.6 Å². The van der Waals surface area contributed by atoms with Gasteiger partial charge in [-0.05, 0) is 53.9 Å². The first-order chi connectivity index (χ1) is 8.87. The summed E-state index contributed by atoms with van der Waals surface area (Å²) in [5.74, 6) is 0.218. The molecule has 7 heteroatoms. The lowest BCUT2D eigenvalue weighted by Gasteiger charge is -2.21. The minimum atomic E-state index is -3.57. The van der Waals surface area contributed by atoms with Gasteiger partial charge in [0.25, 0.3) is 0 Å². The van der Waals surface area contributed by atoms with Crippen molar-refractivity contribution >= 4 is 37.6 Å². The molecule has 0 radical (unpaired) electrons. The summed E-state index contributed by atoms with van der Waals surface area (Å²) in [6, 6.07) is 4.88. The van der Waals surface area contributed by atoms with Crippen molar-refractivity contribution in [3.05, 3.63) is 27.7 Å². The van der Waals surface area contributed by atoms with E-state index in [9.17, 15) is 8.42 Å². The van der Waals surface area contributed by atoms with E-state index in [-0.39, 0.29) is 21.9 Å². The van der Waals surface area contributed by atoms with Gasteiger partial charge in [0.2, 0.25) is 10.0 Å². The van der Waals surface area contributed by atoms with Gasteiger partial charge < -0.3 is 5.73 Å². The van der Waals surface area contributed by atoms with Gasteiger partial charge >= 0.3 is 0 Å². The zero-order valence-electron chi connectivity index (χ0n) is 10.5. The van der Waals surface area contributed by atoms with E-state index in [1.54, 1.807) is 12.1 Å². The van der Waals surface area contributed by atoms with Crippen LogP contribution in [0.15, 0.2) is 27.6 Å². The predicted octanol–water partition coefficient (Wildman–Crippen LogP) is 2.46. The normalized spacial score (nSPS) is 24.8. The number of halogens is 2. The molecule has 0 aliphatic carbocycles. The molecule has 2 atom stereocenters. The van der Waals surface area contributed by atoms with E-state index in [1.807, 2.05) is 6.92 Å². The summed E-state index contributed by atoms with van der Waals surface area (Å²) in [5, 5.41) is 0.228. The van der Waals surface area contributed by atoms with Gasteiger partial charge in [-0.2, -0.15) is 4.31 Å². The van der Waals surface area contributed by atoms with Crippen molar-refractivity contribution in [1.29, 1.82) is 0 Å². The minimum absolute atomic E-state index is 0.0476. The van der Waals surface area contributed by atoms with Gasteiger partial charge in [-0.15, -0.1) is 0 Å². The van der Waals surface area contributed by atoms with Crippen molar-refractivity contribution in [1.82, 2.24) is 4.31 Å². The third-order valence-corrected chi connectivity index (χ3v) is 6.87. The molecular weight excluding hydrogens is 352 g/mol. The number of hydrogen-bond acceptors (Lipinski definition) is 3. The summed E-state index contributed by atoms with van der Waals surface area (Å²) in [6.45, 7) is 2.87. The summed E-state index contributed by atoms with van der Waals surface area (Å²) >= 11 is 9.35. The average molecular weight is 368 g/mol. The summed E-state index contributed by atoms with van der Waals surface area (Å²) in [5.41, 5.74) is 5.64. The molecule has 1 aromatic rings. The molecule has 4 nitrogen and oxygen atoms in total. The van der Waals surface area contributed by atoms with Crippen LogP contribution in [-0.4, -0.2) is 31.9 Å². The maximum absolute atomic E-state index is 12.7. The molecule has 2 N–H and O–H groups in total. The summed E-state index contributed by atoms with van der Waals surface area (Å²) in [4.78, 5) is 0.146. The van der Waals surface area contributed by atoms with Crippen LogP contribution in [0.4, 0.5) is 0 Å². The van der Waals surface area contributed by atoms with Gasteiger partial charge in [0, 0.05) is 17.1 Å². The van der Waals surface area contributed by atoms with Crippen molar-refractivity contribution in [2.45, 2.75) is 24.3 Å². The predicted molar refractivity (Wildman–Crippen MR) is 79.7 cm³/mol. The first kappa shape index (κ1) is 15.3. The molecule has 0 aromatic heterocycles. The van der Waals surface area contributed by atoms with Crippen LogP contribution in [0.1, 0.15) is 13.3 Å². The molecule has 1 saturated heterocycles. The minimum Gasteiger partial charge on any atom is -0.330 e. The van der Waals surface area contributed by atoms with Crippen molar-refractivity contribution in [2.24, 2.45) is 11.7 Å². The monoisotopic (exact) mass is 366 g/mol. The molecule has 1 aromatic carbocycles. The van der Waals surface area contributed by atoms with Crippen LogP contribution in [-0.2, 0) is 10.0 Å². The van der Waals surface area contributed by atoms with Crippen LogP contribution >= 0.6 is 27.5 Å². The SMILES string of the molecule is CC1CC(CN)CN1S(=O)(=O)c1cccc(Br)c1Cl. The Balaban J connectivity index is 2.41. The Hall–Kier alpha value is -0.140. The summed E-state index contributed by atoms with van der Waals surface area (Å²) < 4.78 is 27.4. The first-order valence-electron chi connectivity index (χ1n) is 6.04. The lowest BCUT2D eigenvalue weighted by molar-refractivity contribution is 0.404. The number of rotatable bonds is 3. The smallest absolute Gasteiger partial charge is 0.244 e. The lowest BCUT2D eigenvalue weighted by Crippen LogP contribution is -2.34. The zero-order valence-corrected chi connectivity index (χ0v) is 13.7. The Morgan fingerprint density at radius 2 is 2.21 bits per heavy atom. The van der Waals surface area contributed by atoms with Gasteiger partial charge in [-0.3, -0.25) is 0 Å². The van der Waals surface area contributed by atoms with Crippen LogP contribution in [0.2, 0.25) is 5.02 Å². The fourth-order valence-corrected chi connectivity index (χ4v) is 5.15. The summed E-state index contributed by atoms with van der Waals surface area (Å²) in [7, 11) is -3.57. The highest BCUT2D eigenvalue weighted by atomic mass is 79.9. The maximum atomic E-state index is 12.7. The molecule has 1 fully saturated rings. The Bertz CT molecular complexity index is 579. The molecule has 0 bridgehead atoms. The highest BCUT2D eigenvalue weighted by molar-refractivity contribution is 9.10. The Labute approximate surface area is 127 Å². The van der Waals surface area contributed by atoms with Crippen LogP contribution in [0.3, 0.4) is 0 Å². The van der Waals surface area contributed by atoms with E-state index < -0.39 is 10.0 Å². The average Bonchev–Trinajstić information content (AvgIpc) is 2.74. The molecule has 1 aliphatic heterocycles. The molecule has 1 aliphatic rings. The maximum Gasteiger partial charge on any atom is 0.244 e. The van der Waals surface area contributed by atoms with Gasteiger partial charge in [0.1, 0.15) is 4.90 Å². The van der Waals surface area contributed by atoms with Gasteiger partial charge in [-0.1, -0.05) is 17.7 Å². The van der Waals surface area contributed by atoms with E-state index >= 15 is 0 Å². The standard InChI is InChI=1S/C12H16BrClN2O2S/c1-8-5-9(6-15)7-16(8)19(17,18)11-4-2-3-10(13)12(11)14/h2-4,8-9H,5-7,15H2,1H3. The molecule has 2 rings (SSSR count). The number of hydrogen-bond donors (Lipinski definition) is 1. The molecule has 0 spiro atoms. The number of benzene rings is 1. The first-order valence-corrected chi connectivity index (χ1v) is 8.65. The Morgan fingerprint density at radius 1 is 1.53 bits per heavy atom. The van der Waals surface area contributed by atoms with Crippen molar-refractivity contribution in [2.75, 3.05) is 13.1 Å². The zero-order chi connectivity index (χ0) is 14.2. The molecule has 1 heterocycles. The number of sulfonamides is 1. The Morgan fingerprint density at radius 3 is 2.79 bits per heavy atom. The fraction of sp³-hybridized carbons (Fsp3) is 0.500. The second kappa shape index (κ2) is 5.69. The third-order valence-electron chi connectivity index (χ3n) is 3.44. The molecular formula is C12H16BrClN2O2S. The lowest BCUT2D eigenvalue weighted by atomic mass is 10.1. The van der Waals surface area contributed by atoms with Crippen LogP contribution in [0.5, 0.6) is 0 Å². The highest BCUT2D eigenvalue weighted by Gasteiger charge is 2.38. The van der Waals surface area contributed by atoms with E-state index in [2.05, 4.69) is 15.9 Å². The highest BCUT2D eigenvalue weighted by Crippen LogP contribution is 2.35. The number of nitrogens with zero attached hydrogens (tertiary/aromatic N) is 1. The molecule has 0 saturated carbocycles. The van der Waals surface area contributed by atoms with Gasteiger partial charge in [0.05, 0.1) is 5.02 Å². The van der Waals surface area contributed by atoms with E-state index in [0.717, 1.165) is 6.42 Å². The van der Waals surface area contributed by atoms with Gasteiger partial charge in [0.15, 0.2) is 0 Å². The second-order valence-electron chi connectivity index (χ2n) is 4.81. The fourth-order valence-electron chi connectivity index (χ4n) is 2.42. The van der Waals surface area contributed by atoms with Crippen LogP contribution in [0.25, 0.3) is 0 Å². The topological polar surface area (TPSA) is 63.4 Å². The molecule has 2 unspecified atom stereocenters. The van der Waals surface area contributed by atoms with Crippen molar-refractivity contribution in [3.8, 4) is 0 Å².